The first-order chi connectivity index (χ1) is 11.9. The molecule has 0 atom stereocenters. The Morgan fingerprint density at radius 1 is 1.16 bits per heavy atom. The van der Waals surface area contributed by atoms with E-state index in [0.717, 1.165) is 22.4 Å². The molecule has 0 bridgehead atoms. The molecule has 5 heteroatoms. The van der Waals surface area contributed by atoms with Gasteiger partial charge in [0.2, 0.25) is 0 Å². The van der Waals surface area contributed by atoms with Gasteiger partial charge in [0, 0.05) is 19.7 Å². The third-order valence-corrected chi connectivity index (χ3v) is 4.46. The molecular formula is C20H26N2O3. The number of hydrogen-bond donors (Lipinski definition) is 2. The Balaban J connectivity index is 2.35. The predicted molar refractivity (Wildman–Crippen MR) is 100 cm³/mol. The van der Waals surface area contributed by atoms with Gasteiger partial charge in [0.25, 0.3) is 0 Å². The van der Waals surface area contributed by atoms with Gasteiger partial charge in [0.15, 0.2) is 0 Å². The fourth-order valence-electron chi connectivity index (χ4n) is 2.77. The number of urea groups is 1. The number of aliphatic hydroxyl groups excluding tert-OH is 1. The SMILES string of the molecule is CNC(=O)N(C)c1cccc(CO)c1COc1cc(C)c(C)cc1C. The number of hydrogen-bond acceptors (Lipinski definition) is 3. The summed E-state index contributed by atoms with van der Waals surface area (Å²) in [5, 5.41) is 12.3. The molecule has 0 fully saturated rings. The van der Waals surface area contributed by atoms with Crippen LogP contribution in [0.4, 0.5) is 10.5 Å². The van der Waals surface area contributed by atoms with Crippen molar-refractivity contribution in [2.24, 2.45) is 0 Å². The van der Waals surface area contributed by atoms with Gasteiger partial charge in [-0.3, -0.25) is 4.90 Å². The minimum absolute atomic E-state index is 0.111. The molecule has 0 saturated carbocycles. The van der Waals surface area contributed by atoms with Crippen LogP contribution in [0, 0.1) is 20.8 Å². The molecule has 0 radical (unpaired) electrons. The molecule has 5 nitrogen and oxygen atoms in total. The van der Waals surface area contributed by atoms with Crippen molar-refractivity contribution in [3.8, 4) is 5.75 Å². The van der Waals surface area contributed by atoms with Crippen molar-refractivity contribution in [1.29, 1.82) is 0 Å². The summed E-state index contributed by atoms with van der Waals surface area (Å²) in [4.78, 5) is 13.5. The van der Waals surface area contributed by atoms with Crippen LogP contribution in [0.25, 0.3) is 0 Å². The average Bonchev–Trinajstić information content (AvgIpc) is 2.61. The van der Waals surface area contributed by atoms with Crippen molar-refractivity contribution >= 4 is 11.7 Å². The minimum atomic E-state index is -0.223. The van der Waals surface area contributed by atoms with Gasteiger partial charge in [0.1, 0.15) is 12.4 Å². The van der Waals surface area contributed by atoms with Gasteiger partial charge in [-0.15, -0.1) is 0 Å². The van der Waals surface area contributed by atoms with Crippen molar-refractivity contribution in [2.45, 2.75) is 34.0 Å². The predicted octanol–water partition coefficient (Wildman–Crippen LogP) is 3.46. The van der Waals surface area contributed by atoms with Gasteiger partial charge < -0.3 is 15.2 Å². The third kappa shape index (κ3) is 4.12. The zero-order chi connectivity index (χ0) is 18.6. The summed E-state index contributed by atoms with van der Waals surface area (Å²) in [6.45, 7) is 6.30. The number of amides is 2. The lowest BCUT2D eigenvalue weighted by molar-refractivity contribution is 0.249. The number of aliphatic hydroxyl groups is 1. The monoisotopic (exact) mass is 342 g/mol. The zero-order valence-electron chi connectivity index (χ0n) is 15.5. The molecule has 134 valence electrons. The van der Waals surface area contributed by atoms with Gasteiger partial charge in [0.05, 0.1) is 12.3 Å². The highest BCUT2D eigenvalue weighted by atomic mass is 16.5. The van der Waals surface area contributed by atoms with Crippen LogP contribution in [0.5, 0.6) is 5.75 Å². The maximum Gasteiger partial charge on any atom is 0.321 e. The number of aryl methyl sites for hydroxylation is 3. The highest BCUT2D eigenvalue weighted by Gasteiger charge is 2.17. The lowest BCUT2D eigenvalue weighted by atomic mass is 10.0. The molecule has 2 aromatic rings. The van der Waals surface area contributed by atoms with Gasteiger partial charge >= 0.3 is 6.03 Å². The van der Waals surface area contributed by atoms with E-state index in [1.807, 2.05) is 38.1 Å². The molecule has 2 rings (SSSR count). The molecule has 0 heterocycles. The molecule has 2 N–H and O–H groups in total. The number of anilines is 1. The van der Waals surface area contributed by atoms with E-state index < -0.39 is 0 Å². The number of carbonyl (C=O) groups excluding carboxylic acids is 1. The van der Waals surface area contributed by atoms with Crippen molar-refractivity contribution < 1.29 is 14.6 Å². The number of carbonyl (C=O) groups is 1. The number of nitrogens with zero attached hydrogens (tertiary/aromatic N) is 1. The van der Waals surface area contributed by atoms with Crippen LogP contribution >= 0.6 is 0 Å². The van der Waals surface area contributed by atoms with Gasteiger partial charge in [-0.25, -0.2) is 4.79 Å². The van der Waals surface area contributed by atoms with E-state index in [1.165, 1.54) is 16.0 Å². The van der Waals surface area contributed by atoms with Crippen LogP contribution in [0.1, 0.15) is 27.8 Å². The summed E-state index contributed by atoms with van der Waals surface area (Å²) in [6.07, 6.45) is 0. The smallest absolute Gasteiger partial charge is 0.321 e. The minimum Gasteiger partial charge on any atom is -0.489 e. The molecule has 0 aromatic heterocycles. The molecule has 0 saturated heterocycles. The lowest BCUT2D eigenvalue weighted by Gasteiger charge is -2.22. The molecule has 2 amide bonds. The fraction of sp³-hybridized carbons (Fsp3) is 0.350. The van der Waals surface area contributed by atoms with E-state index in [0.29, 0.717) is 5.69 Å². The topological polar surface area (TPSA) is 61.8 Å². The molecule has 0 aliphatic carbocycles. The van der Waals surface area contributed by atoms with Gasteiger partial charge in [-0.05, 0) is 55.2 Å². The number of nitrogens with one attached hydrogen (secondary N) is 1. The summed E-state index contributed by atoms with van der Waals surface area (Å²) >= 11 is 0. The second kappa shape index (κ2) is 8.03. The molecule has 0 aliphatic rings. The Morgan fingerprint density at radius 3 is 2.48 bits per heavy atom. The van der Waals surface area contributed by atoms with E-state index in [2.05, 4.69) is 18.3 Å². The second-order valence-corrected chi connectivity index (χ2v) is 6.18. The van der Waals surface area contributed by atoms with Gasteiger partial charge in [-0.2, -0.15) is 0 Å². The molecule has 0 unspecified atom stereocenters. The van der Waals surface area contributed by atoms with Crippen LogP contribution in [0.15, 0.2) is 30.3 Å². The zero-order valence-corrected chi connectivity index (χ0v) is 15.5. The first-order valence-corrected chi connectivity index (χ1v) is 8.26. The quantitative estimate of drug-likeness (QED) is 0.875. The molecule has 0 spiro atoms. The number of benzene rings is 2. The largest absolute Gasteiger partial charge is 0.489 e. The molecule has 2 aromatic carbocycles. The highest BCUT2D eigenvalue weighted by molar-refractivity contribution is 5.92. The summed E-state index contributed by atoms with van der Waals surface area (Å²) in [5.74, 6) is 0.810. The standard InChI is InChI=1S/C20H26N2O3/c1-13-9-15(3)19(10-14(13)2)25-12-17-16(11-23)7-6-8-18(17)22(5)20(24)21-4/h6-10,23H,11-12H2,1-5H3,(H,21,24). The normalized spacial score (nSPS) is 10.5. The first-order valence-electron chi connectivity index (χ1n) is 8.26. The summed E-state index contributed by atoms with van der Waals surface area (Å²) in [6, 6.07) is 9.41. The van der Waals surface area contributed by atoms with Crippen molar-refractivity contribution in [3.05, 3.63) is 58.1 Å². The fourth-order valence-corrected chi connectivity index (χ4v) is 2.77. The lowest BCUT2D eigenvalue weighted by Crippen LogP contribution is -2.35. The summed E-state index contributed by atoms with van der Waals surface area (Å²) in [7, 11) is 3.28. The van der Waals surface area contributed by atoms with Crippen LogP contribution in [0.2, 0.25) is 0 Å². The Hall–Kier alpha value is -2.53. The highest BCUT2D eigenvalue weighted by Crippen LogP contribution is 2.28. The van der Waals surface area contributed by atoms with Crippen LogP contribution in [-0.2, 0) is 13.2 Å². The van der Waals surface area contributed by atoms with Crippen molar-refractivity contribution in [2.75, 3.05) is 19.0 Å². The third-order valence-electron chi connectivity index (χ3n) is 4.46. The Kier molecular flexibility index (Phi) is 6.04. The van der Waals surface area contributed by atoms with Gasteiger partial charge in [-0.1, -0.05) is 18.2 Å². The molecule has 0 aliphatic heterocycles. The van der Waals surface area contributed by atoms with E-state index in [9.17, 15) is 9.90 Å². The van der Waals surface area contributed by atoms with Crippen molar-refractivity contribution in [3.63, 3.8) is 0 Å². The number of rotatable bonds is 5. The first kappa shape index (κ1) is 18.8. The molecule has 25 heavy (non-hydrogen) atoms. The maximum atomic E-state index is 12.0. The Labute approximate surface area is 149 Å². The average molecular weight is 342 g/mol. The Bertz CT molecular complexity index is 772. The maximum absolute atomic E-state index is 12.0. The van der Waals surface area contributed by atoms with Crippen molar-refractivity contribution in [1.82, 2.24) is 5.32 Å². The van der Waals surface area contributed by atoms with E-state index in [-0.39, 0.29) is 19.2 Å². The van der Waals surface area contributed by atoms with Crippen LogP contribution in [0.3, 0.4) is 0 Å². The Morgan fingerprint density at radius 2 is 1.84 bits per heavy atom. The van der Waals surface area contributed by atoms with E-state index >= 15 is 0 Å². The summed E-state index contributed by atoms with van der Waals surface area (Å²) in [5.41, 5.74) is 5.71. The van der Waals surface area contributed by atoms with E-state index in [4.69, 9.17) is 4.74 Å². The van der Waals surface area contributed by atoms with Crippen LogP contribution in [-0.4, -0.2) is 25.2 Å². The molecular weight excluding hydrogens is 316 g/mol. The van der Waals surface area contributed by atoms with Crippen LogP contribution < -0.4 is 15.0 Å². The number of ether oxygens (including phenoxy) is 1. The summed E-state index contributed by atoms with van der Waals surface area (Å²) < 4.78 is 6.04. The second-order valence-electron chi connectivity index (χ2n) is 6.18. The van der Waals surface area contributed by atoms with E-state index in [1.54, 1.807) is 14.1 Å².